The number of pyridine rings is 1. The normalized spacial score (nSPS) is 13.0. The molecule has 0 radical (unpaired) electrons. The molecule has 0 bridgehead atoms. The van der Waals surface area contributed by atoms with Gasteiger partial charge in [-0.05, 0) is 18.2 Å². The zero-order valence-corrected chi connectivity index (χ0v) is 13.5. The molecule has 0 amide bonds. The fourth-order valence-corrected chi connectivity index (χ4v) is 2.38. The van der Waals surface area contributed by atoms with E-state index in [1.54, 1.807) is 24.3 Å². The lowest BCUT2D eigenvalue weighted by atomic mass is 10.1. The third-order valence-corrected chi connectivity index (χ3v) is 3.70. The Bertz CT molecular complexity index is 988. The zero-order valence-electron chi connectivity index (χ0n) is 12.8. The molecule has 0 aliphatic rings. The van der Waals surface area contributed by atoms with Crippen LogP contribution in [0.15, 0.2) is 47.4 Å². The molecule has 3 aromatic rings. The Morgan fingerprint density at radius 3 is 2.40 bits per heavy atom. The molecule has 0 N–H and O–H groups in total. The summed E-state index contributed by atoms with van der Waals surface area (Å²) in [6.45, 7) is 0. The maximum atomic E-state index is 13.4. The number of aryl methyl sites for hydroxylation is 1. The number of fused-ring (bicyclic) bond motifs is 1. The lowest BCUT2D eigenvalue weighted by Gasteiger charge is -2.22. The molecular formula is C16H11ClF3N3O2. The lowest BCUT2D eigenvalue weighted by Crippen LogP contribution is -2.28. The Labute approximate surface area is 144 Å². The van der Waals surface area contributed by atoms with Gasteiger partial charge in [-0.25, -0.2) is 9.97 Å². The third kappa shape index (κ3) is 3.58. The second-order valence-electron chi connectivity index (χ2n) is 5.26. The van der Waals surface area contributed by atoms with Crippen molar-refractivity contribution in [1.82, 2.24) is 14.5 Å². The maximum absolute atomic E-state index is 13.4. The van der Waals surface area contributed by atoms with Crippen molar-refractivity contribution in [2.24, 2.45) is 7.05 Å². The molecule has 3 rings (SSSR count). The highest BCUT2D eigenvalue weighted by Crippen LogP contribution is 2.37. The minimum atomic E-state index is -4.77. The van der Waals surface area contributed by atoms with Crippen LogP contribution in [0.2, 0.25) is 5.15 Å². The smallest absolute Gasteiger partial charge is 0.429 e. The van der Waals surface area contributed by atoms with Gasteiger partial charge in [-0.15, -0.1) is 0 Å². The quantitative estimate of drug-likeness (QED) is 0.707. The Hall–Kier alpha value is -2.61. The van der Waals surface area contributed by atoms with E-state index < -0.39 is 23.7 Å². The highest BCUT2D eigenvalue weighted by atomic mass is 35.5. The van der Waals surface area contributed by atoms with Crippen molar-refractivity contribution < 1.29 is 17.9 Å². The van der Waals surface area contributed by atoms with Gasteiger partial charge in [0.2, 0.25) is 6.10 Å². The van der Waals surface area contributed by atoms with Crippen LogP contribution in [0.25, 0.3) is 11.0 Å². The Morgan fingerprint density at radius 1 is 1.16 bits per heavy atom. The van der Waals surface area contributed by atoms with Crippen LogP contribution in [0, 0.1) is 0 Å². The molecule has 0 saturated carbocycles. The van der Waals surface area contributed by atoms with Gasteiger partial charge in [-0.1, -0.05) is 23.7 Å². The van der Waals surface area contributed by atoms with E-state index in [0.717, 1.165) is 16.7 Å². The van der Waals surface area contributed by atoms with Gasteiger partial charge < -0.3 is 9.30 Å². The number of hydrogen-bond donors (Lipinski definition) is 0. The van der Waals surface area contributed by atoms with Gasteiger partial charge in [0.05, 0.1) is 11.0 Å². The molecule has 2 heterocycles. The molecular weight excluding hydrogens is 359 g/mol. The molecule has 2 aromatic heterocycles. The van der Waals surface area contributed by atoms with Crippen molar-refractivity contribution in [3.8, 4) is 5.88 Å². The van der Waals surface area contributed by atoms with Gasteiger partial charge in [-0.3, -0.25) is 4.79 Å². The van der Waals surface area contributed by atoms with Gasteiger partial charge in [0.25, 0.3) is 11.4 Å². The summed E-state index contributed by atoms with van der Waals surface area (Å²) in [7, 11) is 1.43. The number of hydrogen-bond acceptors (Lipinski definition) is 4. The summed E-state index contributed by atoms with van der Waals surface area (Å²) in [6.07, 6.45) is -5.94. The number of benzene rings is 1. The predicted octanol–water partition coefficient (Wildman–Crippen LogP) is 3.66. The van der Waals surface area contributed by atoms with Gasteiger partial charge in [0.15, 0.2) is 5.15 Å². The van der Waals surface area contributed by atoms with E-state index in [1.807, 2.05) is 0 Å². The number of para-hydroxylation sites is 2. The van der Waals surface area contributed by atoms with Crippen LogP contribution in [-0.2, 0) is 7.05 Å². The fourth-order valence-electron chi connectivity index (χ4n) is 2.20. The molecule has 0 aliphatic heterocycles. The minimum absolute atomic E-state index is 0.295. The number of aromatic nitrogens is 3. The van der Waals surface area contributed by atoms with Gasteiger partial charge in [-0.2, -0.15) is 13.2 Å². The first-order chi connectivity index (χ1) is 11.8. The van der Waals surface area contributed by atoms with Crippen LogP contribution in [0.3, 0.4) is 0 Å². The molecule has 0 aliphatic carbocycles. The SMILES string of the molecule is Cn1ccc(C(Oc2nc3ccccc3nc2Cl)C(F)(F)F)cc1=O. The van der Waals surface area contributed by atoms with E-state index >= 15 is 0 Å². The predicted molar refractivity (Wildman–Crippen MR) is 85.7 cm³/mol. The number of alkyl halides is 3. The molecule has 0 spiro atoms. The van der Waals surface area contributed by atoms with Crippen LogP contribution in [0.5, 0.6) is 5.88 Å². The fraction of sp³-hybridized carbons (Fsp3) is 0.188. The molecule has 9 heteroatoms. The molecule has 5 nitrogen and oxygen atoms in total. The topological polar surface area (TPSA) is 57.0 Å². The molecule has 1 aromatic carbocycles. The van der Waals surface area contributed by atoms with Crippen molar-refractivity contribution in [3.63, 3.8) is 0 Å². The Kier molecular flexibility index (Phi) is 4.38. The monoisotopic (exact) mass is 369 g/mol. The first-order valence-electron chi connectivity index (χ1n) is 7.08. The average molecular weight is 370 g/mol. The summed E-state index contributed by atoms with van der Waals surface area (Å²) in [4.78, 5) is 19.6. The summed E-state index contributed by atoms with van der Waals surface area (Å²) in [5, 5.41) is -0.295. The number of halogens is 4. The molecule has 130 valence electrons. The van der Waals surface area contributed by atoms with Gasteiger partial charge >= 0.3 is 6.18 Å². The summed E-state index contributed by atoms with van der Waals surface area (Å²) < 4.78 is 46.5. The van der Waals surface area contributed by atoms with Crippen molar-refractivity contribution in [1.29, 1.82) is 0 Å². The largest absolute Gasteiger partial charge is 0.457 e. The number of rotatable bonds is 3. The molecule has 1 unspecified atom stereocenters. The van der Waals surface area contributed by atoms with Gasteiger partial charge in [0, 0.05) is 24.9 Å². The van der Waals surface area contributed by atoms with E-state index in [1.165, 1.54) is 13.2 Å². The summed E-state index contributed by atoms with van der Waals surface area (Å²) in [5.41, 5.74) is -0.170. The Balaban J connectivity index is 2.05. The number of ether oxygens (including phenoxy) is 1. The first kappa shape index (κ1) is 17.2. The highest BCUT2D eigenvalue weighted by Gasteiger charge is 2.44. The molecule has 0 saturated heterocycles. The second-order valence-corrected chi connectivity index (χ2v) is 5.62. The van der Waals surface area contributed by atoms with Crippen molar-refractivity contribution in [2.45, 2.75) is 12.3 Å². The van der Waals surface area contributed by atoms with E-state index in [-0.39, 0.29) is 10.7 Å². The first-order valence-corrected chi connectivity index (χ1v) is 7.46. The van der Waals surface area contributed by atoms with Crippen molar-refractivity contribution in [2.75, 3.05) is 0 Å². The zero-order chi connectivity index (χ0) is 18.2. The van der Waals surface area contributed by atoms with E-state index in [4.69, 9.17) is 16.3 Å². The second kappa shape index (κ2) is 6.36. The molecule has 0 fully saturated rings. The van der Waals surface area contributed by atoms with Crippen LogP contribution < -0.4 is 10.3 Å². The lowest BCUT2D eigenvalue weighted by molar-refractivity contribution is -0.198. The summed E-state index contributed by atoms with van der Waals surface area (Å²) in [5.74, 6) is -0.455. The number of nitrogens with zero attached hydrogens (tertiary/aromatic N) is 3. The van der Waals surface area contributed by atoms with E-state index in [9.17, 15) is 18.0 Å². The van der Waals surface area contributed by atoms with E-state index in [0.29, 0.717) is 11.0 Å². The summed E-state index contributed by atoms with van der Waals surface area (Å²) in [6, 6.07) is 8.58. The third-order valence-electron chi connectivity index (χ3n) is 3.46. The molecule has 25 heavy (non-hydrogen) atoms. The van der Waals surface area contributed by atoms with E-state index in [2.05, 4.69) is 9.97 Å². The van der Waals surface area contributed by atoms with Crippen LogP contribution >= 0.6 is 11.6 Å². The molecule has 1 atom stereocenters. The van der Waals surface area contributed by atoms with Crippen molar-refractivity contribution >= 4 is 22.6 Å². The Morgan fingerprint density at radius 2 is 1.80 bits per heavy atom. The average Bonchev–Trinajstić information content (AvgIpc) is 2.54. The highest BCUT2D eigenvalue weighted by molar-refractivity contribution is 6.31. The van der Waals surface area contributed by atoms with Gasteiger partial charge in [0.1, 0.15) is 0 Å². The van der Waals surface area contributed by atoms with Crippen LogP contribution in [0.4, 0.5) is 13.2 Å². The maximum Gasteiger partial charge on any atom is 0.429 e. The van der Waals surface area contributed by atoms with Crippen LogP contribution in [-0.4, -0.2) is 20.7 Å². The van der Waals surface area contributed by atoms with Crippen molar-refractivity contribution in [3.05, 3.63) is 63.7 Å². The van der Waals surface area contributed by atoms with Crippen LogP contribution in [0.1, 0.15) is 11.7 Å². The minimum Gasteiger partial charge on any atom is -0.457 e. The summed E-state index contributed by atoms with van der Waals surface area (Å²) >= 11 is 5.91. The standard InChI is InChI=1S/C16H11ClF3N3O2/c1-23-7-6-9(8-12(23)24)13(16(18,19)20)25-15-14(17)21-10-4-2-3-5-11(10)22-15/h2-8,13H,1H3.